The molecular weight excluding hydrogens is 877 g/mol. The molecule has 0 saturated heterocycles. The predicted octanol–water partition coefficient (Wildman–Crippen LogP) is 24.2. The van der Waals surface area contributed by atoms with Crippen LogP contribution in [-0.4, -0.2) is 0 Å². The molecule has 0 aromatic carbocycles. The maximum absolute atomic E-state index is 8.31. The summed E-state index contributed by atoms with van der Waals surface area (Å²) >= 11 is 0. The summed E-state index contributed by atoms with van der Waals surface area (Å²) in [5.74, 6) is 6.95. The van der Waals surface area contributed by atoms with E-state index in [1.165, 1.54) is 263 Å². The second-order valence-corrected chi connectivity index (χ2v) is 31.1. The fourth-order valence-corrected chi connectivity index (χ4v) is 19.4. The average Bonchev–Trinajstić information content (AvgIpc) is 4.26. The van der Waals surface area contributed by atoms with Gasteiger partial charge in [-0.15, -0.1) is 0 Å². The summed E-state index contributed by atoms with van der Waals surface area (Å²) in [7, 11) is 0. The standard InChI is InChI=1S/C13H24.2C11H20.2C10H18.2C9H16/c1-11-8-9-12-4-2-6-13(10-11)7-3-5-12;1-9-5-6-10-3-2-4-11(7-9)8-10;1-10-5-8-11(9-10)6-3-2-4-7-11;1-8-2-3-9-4-5-10(6-8)7-9;1-9-4-7-10(8-9)5-2-3-6-10;1-8-3-6-9(7-8)4-2-5-9;1-7-2-3-8-5-9(4-7)6-8/h11-13H,2-10H2,1H3;9-11H,2-8H2,1H3;10H,2-9H2,1H3;8-10H,2-7H2,1H3;9H,2-8H2,1H3;8H,2-7H2,1H3;7-9H,2-6H2,1H3/t11-,12?,13?;9-,10?,11?;10-;8-,9?,10?;9-;8-;7-,8?,9?/m1111111/s1/i11D;9D;10D;8D;9D;8D;7D. The van der Waals surface area contributed by atoms with Crippen LogP contribution in [0.3, 0.4) is 0 Å². The van der Waals surface area contributed by atoms with Crippen molar-refractivity contribution in [1.29, 1.82) is 0 Å². The number of hydrogen-bond acceptors (Lipinski definition) is 0. The van der Waals surface area contributed by atoms with Crippen molar-refractivity contribution in [2.45, 2.75) is 357 Å². The Morgan fingerprint density at radius 2 is 0.479 bits per heavy atom. The van der Waals surface area contributed by atoms with Gasteiger partial charge in [-0.25, -0.2) is 0 Å². The minimum Gasteiger partial charge on any atom is -0.0625 e. The molecule has 424 valence electrons. The molecule has 8 bridgehead atoms. The predicted molar refractivity (Wildman–Crippen MR) is 321 cm³/mol. The quantitative estimate of drug-likeness (QED) is 0.227. The van der Waals surface area contributed by atoms with E-state index >= 15 is 0 Å². The van der Waals surface area contributed by atoms with E-state index in [1.807, 2.05) is 0 Å². The van der Waals surface area contributed by atoms with Gasteiger partial charge in [0, 0.05) is 9.60 Å². The Balaban J connectivity index is 0.000000123. The highest BCUT2D eigenvalue weighted by Crippen LogP contribution is 2.56. The van der Waals surface area contributed by atoms with Crippen LogP contribution in [-0.2, 0) is 0 Å². The molecule has 0 aliphatic heterocycles. The van der Waals surface area contributed by atoms with Crippen LogP contribution >= 0.6 is 0 Å². The molecule has 16 aliphatic rings. The van der Waals surface area contributed by atoms with Crippen LogP contribution in [0.4, 0.5) is 0 Å². The molecule has 0 N–H and O–H groups in total. The zero-order valence-corrected chi connectivity index (χ0v) is 50.6. The first kappa shape index (κ1) is 50.0. The summed E-state index contributed by atoms with van der Waals surface area (Å²) in [6.07, 6.45) is 64.2. The summed E-state index contributed by atoms with van der Waals surface area (Å²) < 4.78 is 56.3. The van der Waals surface area contributed by atoms with Gasteiger partial charge in [0.05, 0.1) is 0 Å². The normalized spacial score (nSPS) is 50.6. The lowest BCUT2D eigenvalue weighted by atomic mass is 9.67. The van der Waals surface area contributed by atoms with Crippen molar-refractivity contribution < 1.29 is 9.60 Å². The average molecular weight is 1020 g/mol. The van der Waals surface area contributed by atoms with Crippen molar-refractivity contribution in [2.24, 2.45) is 105 Å². The molecule has 0 aromatic rings. The second-order valence-electron chi connectivity index (χ2n) is 31.1. The maximum atomic E-state index is 8.31. The van der Waals surface area contributed by atoms with E-state index in [9.17, 15) is 0 Å². The maximum Gasteiger partial charge on any atom is 0.0300 e. The van der Waals surface area contributed by atoms with Crippen LogP contribution in [0.25, 0.3) is 0 Å². The second kappa shape index (κ2) is 29.5. The summed E-state index contributed by atoms with van der Waals surface area (Å²) in [5.41, 5.74) is 1.92. The molecule has 0 aromatic heterocycles. The highest BCUT2D eigenvalue weighted by molar-refractivity contribution is 4.94. The van der Waals surface area contributed by atoms with Gasteiger partial charge in [0.1, 0.15) is 0 Å². The van der Waals surface area contributed by atoms with Crippen LogP contribution < -0.4 is 0 Å². The number of hydrogen-bond donors (Lipinski definition) is 0. The van der Waals surface area contributed by atoms with Crippen molar-refractivity contribution in [3.63, 3.8) is 0 Å². The molecule has 4 unspecified atom stereocenters. The third-order valence-electron chi connectivity index (χ3n) is 24.1. The topological polar surface area (TPSA) is 0 Å². The minimum absolute atomic E-state index is 0.0690. The third kappa shape index (κ3) is 19.4. The molecule has 0 heteroatoms. The van der Waals surface area contributed by atoms with Gasteiger partial charge in [-0.3, -0.25) is 0 Å². The van der Waals surface area contributed by atoms with E-state index in [0.29, 0.717) is 16.2 Å². The summed E-state index contributed by atoms with van der Waals surface area (Å²) in [4.78, 5) is 0. The van der Waals surface area contributed by atoms with Crippen molar-refractivity contribution >= 4 is 0 Å². The molecule has 16 saturated carbocycles. The van der Waals surface area contributed by atoms with Crippen molar-refractivity contribution in [1.82, 2.24) is 0 Å². The third-order valence-corrected chi connectivity index (χ3v) is 24.1. The Morgan fingerprint density at radius 1 is 0.205 bits per heavy atom. The van der Waals surface area contributed by atoms with Crippen LogP contribution in [0.2, 0.25) is 0 Å². The van der Waals surface area contributed by atoms with Gasteiger partial charge in [0.15, 0.2) is 0 Å². The Kier molecular flexibility index (Phi) is 20.2. The minimum atomic E-state index is -0.113. The molecular formula is C73H132. The van der Waals surface area contributed by atoms with Gasteiger partial charge in [0.25, 0.3) is 0 Å². The summed E-state index contributed by atoms with van der Waals surface area (Å²) in [6.45, 7) is 14.8. The van der Waals surface area contributed by atoms with Crippen molar-refractivity contribution in [3.05, 3.63) is 0 Å². The molecule has 0 radical (unpaired) electrons. The Bertz CT molecular complexity index is 1830. The smallest absolute Gasteiger partial charge is 0.0300 e. The Labute approximate surface area is 469 Å². The SMILES string of the molecule is [2H][C@@]1(C)CCC2(CCC2)C1.[2H][C@@]1(C)CCC2(CCCC2)C1.[2H][C@@]1(C)CCC2(CCCCC2)C1.[2H][C@@]1(C)CCC2CC(C2)C1.[2H][C@@]1(C)CCC2CCC(C2)C1.[2H][C@@]1(C)CCC2CCCC(C2)C1.[2H][C@@]1(C)CCC2CCCC(CCC2)C1. The molecule has 16 rings (SSSR count). The number of rotatable bonds is 0. The molecule has 0 amide bonds. The van der Waals surface area contributed by atoms with E-state index in [4.69, 9.17) is 9.60 Å². The first-order valence-corrected chi connectivity index (χ1v) is 34.0. The highest BCUT2D eigenvalue weighted by Gasteiger charge is 2.42. The fraction of sp³-hybridized carbons (Fsp3) is 1.00. The van der Waals surface area contributed by atoms with E-state index < -0.39 is 0 Å². The monoisotopic (exact) mass is 1020 g/mol. The molecule has 0 nitrogen and oxygen atoms in total. The van der Waals surface area contributed by atoms with E-state index in [1.54, 1.807) is 0 Å². The fourth-order valence-electron chi connectivity index (χ4n) is 19.4. The van der Waals surface area contributed by atoms with Crippen LogP contribution in [0.5, 0.6) is 0 Å². The van der Waals surface area contributed by atoms with Crippen LogP contribution in [0.15, 0.2) is 0 Å². The van der Waals surface area contributed by atoms with Gasteiger partial charge in [0.2, 0.25) is 0 Å². The lowest BCUT2D eigenvalue weighted by Crippen LogP contribution is -2.25. The van der Waals surface area contributed by atoms with Gasteiger partial charge < -0.3 is 0 Å². The summed E-state index contributed by atoms with van der Waals surface area (Å²) in [5, 5.41) is 0. The van der Waals surface area contributed by atoms with Crippen molar-refractivity contribution in [2.75, 3.05) is 0 Å². The molecule has 73 heavy (non-hydrogen) atoms. The molecule has 16 fully saturated rings. The van der Waals surface area contributed by atoms with Gasteiger partial charge >= 0.3 is 0 Å². The van der Waals surface area contributed by atoms with E-state index in [2.05, 4.69) is 48.5 Å². The Morgan fingerprint density at radius 3 is 0.904 bits per heavy atom. The first-order chi connectivity index (χ1) is 37.5. The lowest BCUT2D eigenvalue weighted by Gasteiger charge is -2.38. The van der Waals surface area contributed by atoms with E-state index in [-0.39, 0.29) is 41.3 Å². The lowest BCUT2D eigenvalue weighted by molar-refractivity contribution is 0.138. The van der Waals surface area contributed by atoms with Crippen LogP contribution in [0, 0.1) is 105 Å². The van der Waals surface area contributed by atoms with Gasteiger partial charge in [-0.2, -0.15) is 0 Å². The van der Waals surface area contributed by atoms with Crippen molar-refractivity contribution in [3.8, 4) is 0 Å². The zero-order chi connectivity index (χ0) is 57.6. The Hall–Kier alpha value is 0. The molecule has 11 atom stereocenters. The van der Waals surface area contributed by atoms with Gasteiger partial charge in [-0.1, -0.05) is 228 Å². The highest BCUT2D eigenvalue weighted by atomic mass is 14.5. The first-order valence-electron chi connectivity index (χ1n) is 37.5. The molecule has 16 aliphatic carbocycles. The van der Waals surface area contributed by atoms with Gasteiger partial charge in [-0.05, 0) is 233 Å². The zero-order valence-electron chi connectivity index (χ0n) is 57.6. The summed E-state index contributed by atoms with van der Waals surface area (Å²) in [6, 6.07) is 0. The number of fused-ring (bicyclic) bond motifs is 14. The molecule has 3 spiro atoms. The molecule has 0 heterocycles. The van der Waals surface area contributed by atoms with E-state index in [0.717, 1.165) is 92.3 Å². The largest absolute Gasteiger partial charge is 0.0625 e. The van der Waals surface area contributed by atoms with Crippen LogP contribution in [0.1, 0.15) is 366 Å².